The van der Waals surface area contributed by atoms with Crippen LogP contribution in [0.2, 0.25) is 10.0 Å². The van der Waals surface area contributed by atoms with Crippen molar-refractivity contribution in [3.8, 4) is 17.2 Å². The van der Waals surface area contributed by atoms with Crippen LogP contribution in [0.4, 0.5) is 0 Å². The predicted octanol–water partition coefficient (Wildman–Crippen LogP) is 6.63. The summed E-state index contributed by atoms with van der Waals surface area (Å²) in [7, 11) is 0. The van der Waals surface area contributed by atoms with E-state index in [-0.39, 0.29) is 16.7 Å². The van der Waals surface area contributed by atoms with Gasteiger partial charge in [-0.05, 0) is 43.2 Å². The summed E-state index contributed by atoms with van der Waals surface area (Å²) in [5.74, 6) is 0.502. The van der Waals surface area contributed by atoms with Crippen LogP contribution in [-0.4, -0.2) is 30.9 Å². The van der Waals surface area contributed by atoms with Crippen molar-refractivity contribution in [2.24, 2.45) is 0 Å². The largest absolute Gasteiger partial charge is 0.494 e. The zero-order valence-corrected chi connectivity index (χ0v) is 18.2. The number of rotatable bonds is 11. The Labute approximate surface area is 188 Å². The standard InChI is InChI=1S/C20H18Cl4O5/c21-16-11-15(28-10-7-18(23)24)12-17(22)19(16)29-9-2-1-8-27-14-5-3-13(4-6-14)20(25)26/h3-7,11-12H,1-2,8-10H2,(H,25,26). The summed E-state index contributed by atoms with van der Waals surface area (Å²) in [5, 5.41) is 9.54. The Bertz CT molecular complexity index is 825. The van der Waals surface area contributed by atoms with Crippen LogP contribution in [0.1, 0.15) is 23.2 Å². The van der Waals surface area contributed by atoms with Gasteiger partial charge in [-0.1, -0.05) is 46.4 Å². The fourth-order valence-electron chi connectivity index (χ4n) is 2.22. The quantitative estimate of drug-likeness (QED) is 0.366. The molecule has 0 unspecified atom stereocenters. The first kappa shape index (κ1) is 23.5. The molecule has 0 bridgehead atoms. The maximum Gasteiger partial charge on any atom is 0.335 e. The molecule has 1 N–H and O–H groups in total. The third kappa shape index (κ3) is 8.23. The highest BCUT2D eigenvalue weighted by atomic mass is 35.5. The molecular formula is C20H18Cl4O5. The number of benzene rings is 2. The van der Waals surface area contributed by atoms with Gasteiger partial charge in [0.2, 0.25) is 0 Å². The van der Waals surface area contributed by atoms with Gasteiger partial charge >= 0.3 is 5.97 Å². The van der Waals surface area contributed by atoms with E-state index >= 15 is 0 Å². The number of ether oxygens (including phenoxy) is 3. The van der Waals surface area contributed by atoms with Crippen molar-refractivity contribution in [2.45, 2.75) is 12.8 Å². The number of aromatic carboxylic acids is 1. The smallest absolute Gasteiger partial charge is 0.335 e. The van der Waals surface area contributed by atoms with E-state index in [2.05, 4.69) is 0 Å². The Morgan fingerprint density at radius 2 is 1.48 bits per heavy atom. The molecule has 156 valence electrons. The molecule has 0 aliphatic rings. The number of halogens is 4. The molecule has 0 atom stereocenters. The van der Waals surface area contributed by atoms with Gasteiger partial charge in [0.15, 0.2) is 5.75 Å². The normalized spacial score (nSPS) is 10.3. The fraction of sp³-hybridized carbons (Fsp3) is 0.250. The lowest BCUT2D eigenvalue weighted by Gasteiger charge is -2.12. The molecule has 29 heavy (non-hydrogen) atoms. The SMILES string of the molecule is O=C(O)c1ccc(OCCCCOc2c(Cl)cc(OCC=C(Cl)Cl)cc2Cl)cc1. The topological polar surface area (TPSA) is 65.0 Å². The molecule has 5 nitrogen and oxygen atoms in total. The van der Waals surface area contributed by atoms with Crippen LogP contribution in [0.15, 0.2) is 47.0 Å². The molecule has 0 amide bonds. The van der Waals surface area contributed by atoms with Gasteiger partial charge in [-0.25, -0.2) is 4.79 Å². The monoisotopic (exact) mass is 478 g/mol. The molecule has 0 heterocycles. The highest BCUT2D eigenvalue weighted by Gasteiger charge is 2.10. The van der Waals surface area contributed by atoms with Gasteiger partial charge in [0.1, 0.15) is 22.6 Å². The highest BCUT2D eigenvalue weighted by Crippen LogP contribution is 2.37. The first-order chi connectivity index (χ1) is 13.9. The van der Waals surface area contributed by atoms with Crippen LogP contribution in [0.5, 0.6) is 17.2 Å². The number of carbonyl (C=O) groups is 1. The predicted molar refractivity (Wildman–Crippen MR) is 115 cm³/mol. The van der Waals surface area contributed by atoms with Crippen LogP contribution < -0.4 is 14.2 Å². The summed E-state index contributed by atoms with van der Waals surface area (Å²) in [4.78, 5) is 10.8. The average molecular weight is 480 g/mol. The fourth-order valence-corrected chi connectivity index (χ4v) is 2.92. The van der Waals surface area contributed by atoms with Gasteiger partial charge in [0.05, 0.1) is 28.8 Å². The molecule has 9 heteroatoms. The number of hydrogen-bond acceptors (Lipinski definition) is 4. The number of carboxylic acid groups (broad SMARTS) is 1. The summed E-state index contributed by atoms with van der Waals surface area (Å²) in [6.45, 7) is 1.07. The van der Waals surface area contributed by atoms with E-state index in [0.717, 1.165) is 12.8 Å². The summed E-state index contributed by atoms with van der Waals surface area (Å²) < 4.78 is 16.8. The zero-order valence-electron chi connectivity index (χ0n) is 15.2. The van der Waals surface area contributed by atoms with E-state index in [1.807, 2.05) is 0 Å². The highest BCUT2D eigenvalue weighted by molar-refractivity contribution is 6.55. The first-order valence-electron chi connectivity index (χ1n) is 8.59. The van der Waals surface area contributed by atoms with Crippen LogP contribution >= 0.6 is 46.4 Å². The molecule has 0 aromatic heterocycles. The maximum absolute atomic E-state index is 10.8. The molecule has 2 aromatic carbocycles. The van der Waals surface area contributed by atoms with E-state index < -0.39 is 5.97 Å². The summed E-state index contributed by atoms with van der Waals surface area (Å²) in [6.07, 6.45) is 2.96. The number of carboxylic acids is 1. The van der Waals surface area contributed by atoms with Crippen molar-refractivity contribution in [3.05, 3.63) is 62.6 Å². The van der Waals surface area contributed by atoms with E-state index in [1.165, 1.54) is 18.2 Å². The minimum atomic E-state index is -0.970. The summed E-state index contributed by atoms with van der Waals surface area (Å²) in [5.41, 5.74) is 0.218. The maximum atomic E-state index is 10.8. The van der Waals surface area contributed by atoms with Crippen LogP contribution in [0.25, 0.3) is 0 Å². The Balaban J connectivity index is 1.73. The average Bonchev–Trinajstić information content (AvgIpc) is 2.66. The molecule has 2 rings (SSSR count). The molecule has 0 saturated heterocycles. The van der Waals surface area contributed by atoms with Crippen LogP contribution in [-0.2, 0) is 0 Å². The van der Waals surface area contributed by atoms with Gasteiger partial charge in [-0.15, -0.1) is 0 Å². The molecule has 2 aromatic rings. The Morgan fingerprint density at radius 3 is 2.03 bits per heavy atom. The van der Waals surface area contributed by atoms with Crippen LogP contribution in [0, 0.1) is 0 Å². The third-order valence-electron chi connectivity index (χ3n) is 3.61. The summed E-state index contributed by atoms with van der Waals surface area (Å²) >= 11 is 23.5. The van der Waals surface area contributed by atoms with Crippen LogP contribution in [0.3, 0.4) is 0 Å². The van der Waals surface area contributed by atoms with E-state index in [1.54, 1.807) is 24.3 Å². The lowest BCUT2D eigenvalue weighted by molar-refractivity contribution is 0.0697. The lowest BCUT2D eigenvalue weighted by Crippen LogP contribution is -2.04. The van der Waals surface area contributed by atoms with Gasteiger partial charge in [-0.2, -0.15) is 0 Å². The van der Waals surface area contributed by atoms with E-state index in [4.69, 9.17) is 65.7 Å². The van der Waals surface area contributed by atoms with Crippen molar-refractivity contribution >= 4 is 52.4 Å². The van der Waals surface area contributed by atoms with Crippen molar-refractivity contribution in [1.82, 2.24) is 0 Å². The first-order valence-corrected chi connectivity index (χ1v) is 10.1. The van der Waals surface area contributed by atoms with Gasteiger partial charge in [0.25, 0.3) is 0 Å². The molecule has 0 spiro atoms. The molecule has 0 fully saturated rings. The van der Waals surface area contributed by atoms with Crippen molar-refractivity contribution in [1.29, 1.82) is 0 Å². The second-order valence-electron chi connectivity index (χ2n) is 5.75. The van der Waals surface area contributed by atoms with Crippen molar-refractivity contribution in [3.63, 3.8) is 0 Å². The van der Waals surface area contributed by atoms with Crippen molar-refractivity contribution in [2.75, 3.05) is 19.8 Å². The third-order valence-corrected chi connectivity index (χ3v) is 4.48. The van der Waals surface area contributed by atoms with Crippen molar-refractivity contribution < 1.29 is 24.1 Å². The molecule has 0 aliphatic heterocycles. The minimum absolute atomic E-state index is 0.114. The Hall–Kier alpha value is -1.79. The van der Waals surface area contributed by atoms with Gasteiger partial charge in [-0.3, -0.25) is 0 Å². The van der Waals surface area contributed by atoms with Gasteiger partial charge in [0, 0.05) is 12.1 Å². The molecule has 0 aliphatic carbocycles. The second-order valence-corrected chi connectivity index (χ2v) is 7.58. The summed E-state index contributed by atoms with van der Waals surface area (Å²) in [6, 6.07) is 9.45. The second kappa shape index (κ2) is 12.0. The zero-order chi connectivity index (χ0) is 21.2. The lowest BCUT2D eigenvalue weighted by atomic mass is 10.2. The molecular weight excluding hydrogens is 462 g/mol. The van der Waals surface area contributed by atoms with E-state index in [0.29, 0.717) is 40.5 Å². The molecule has 0 radical (unpaired) electrons. The molecule has 0 saturated carbocycles. The number of hydrogen-bond donors (Lipinski definition) is 1. The number of unbranched alkanes of at least 4 members (excludes halogenated alkanes) is 1. The Morgan fingerprint density at radius 1 is 0.897 bits per heavy atom. The van der Waals surface area contributed by atoms with E-state index in [9.17, 15) is 4.79 Å². The minimum Gasteiger partial charge on any atom is -0.494 e. The Kier molecular flexibility index (Phi) is 9.74. The van der Waals surface area contributed by atoms with Gasteiger partial charge < -0.3 is 19.3 Å².